The molecule has 0 radical (unpaired) electrons. The Kier molecular flexibility index (Phi) is 6.08. The van der Waals surface area contributed by atoms with Crippen molar-refractivity contribution in [3.63, 3.8) is 0 Å². The number of piperazine rings is 1. The lowest BCUT2D eigenvalue weighted by molar-refractivity contribution is -0.157. The number of likely N-dealkylation sites (tertiary alicyclic amines) is 1. The van der Waals surface area contributed by atoms with Crippen molar-refractivity contribution >= 4 is 17.7 Å². The highest BCUT2D eigenvalue weighted by Crippen LogP contribution is 2.21. The van der Waals surface area contributed by atoms with Gasteiger partial charge in [0.25, 0.3) is 0 Å². The molecule has 2 aliphatic rings. The topological polar surface area (TPSA) is 60.9 Å². The van der Waals surface area contributed by atoms with E-state index in [0.717, 1.165) is 24.8 Å². The highest BCUT2D eigenvalue weighted by atomic mass is 19.1. The van der Waals surface area contributed by atoms with E-state index in [1.165, 1.54) is 21.9 Å². The van der Waals surface area contributed by atoms with E-state index in [1.807, 2.05) is 6.92 Å². The largest absolute Gasteiger partial charge is 0.341 e. The van der Waals surface area contributed by atoms with Gasteiger partial charge in [0.1, 0.15) is 12.4 Å². The second kappa shape index (κ2) is 8.50. The average molecular weight is 375 g/mol. The lowest BCUT2D eigenvalue weighted by Crippen LogP contribution is -2.56. The highest BCUT2D eigenvalue weighted by molar-refractivity contribution is 6.35. The summed E-state index contributed by atoms with van der Waals surface area (Å²) < 4.78 is 13.0. The molecule has 6 nitrogen and oxygen atoms in total. The second-order valence-corrected chi connectivity index (χ2v) is 7.29. The first-order valence-corrected chi connectivity index (χ1v) is 9.58. The van der Waals surface area contributed by atoms with Crippen LogP contribution in [0.25, 0.3) is 0 Å². The molecule has 0 bridgehead atoms. The Labute approximate surface area is 158 Å². The number of halogens is 1. The molecule has 0 N–H and O–H groups in total. The van der Waals surface area contributed by atoms with Gasteiger partial charge in [0.2, 0.25) is 5.91 Å². The van der Waals surface area contributed by atoms with Crippen LogP contribution in [0.1, 0.15) is 25.3 Å². The number of nitrogens with zero attached hydrogens (tertiary/aromatic N) is 3. The van der Waals surface area contributed by atoms with E-state index in [1.54, 1.807) is 17.0 Å². The predicted octanol–water partition coefficient (Wildman–Crippen LogP) is 1.30. The summed E-state index contributed by atoms with van der Waals surface area (Å²) in [5, 5.41) is 0. The summed E-state index contributed by atoms with van der Waals surface area (Å²) in [7, 11) is 0. The third-order valence-corrected chi connectivity index (χ3v) is 5.41. The van der Waals surface area contributed by atoms with E-state index in [4.69, 9.17) is 0 Å². The molecule has 146 valence electrons. The van der Waals surface area contributed by atoms with Gasteiger partial charge >= 0.3 is 11.8 Å². The van der Waals surface area contributed by atoms with Crippen LogP contribution < -0.4 is 0 Å². The van der Waals surface area contributed by atoms with Gasteiger partial charge in [0.15, 0.2) is 0 Å². The minimum atomic E-state index is -0.587. The fraction of sp³-hybridized carbons (Fsp3) is 0.550. The number of hydrogen-bond acceptors (Lipinski definition) is 3. The number of carbonyl (C=O) groups excluding carboxylic acids is 3. The van der Waals surface area contributed by atoms with Crippen molar-refractivity contribution in [1.29, 1.82) is 0 Å². The first kappa shape index (κ1) is 19.3. The molecule has 2 fully saturated rings. The Bertz CT molecular complexity index is 707. The van der Waals surface area contributed by atoms with Crippen LogP contribution in [-0.4, -0.2) is 71.7 Å². The van der Waals surface area contributed by atoms with Gasteiger partial charge in [-0.15, -0.1) is 0 Å². The Morgan fingerprint density at radius 3 is 2.44 bits per heavy atom. The van der Waals surface area contributed by atoms with Crippen molar-refractivity contribution < 1.29 is 18.8 Å². The molecule has 0 spiro atoms. The Morgan fingerprint density at radius 2 is 1.74 bits per heavy atom. The molecule has 1 aromatic carbocycles. The zero-order valence-corrected chi connectivity index (χ0v) is 15.7. The maximum absolute atomic E-state index is 13.0. The molecular formula is C20H26FN3O3. The first-order chi connectivity index (χ1) is 13.0. The Hall–Kier alpha value is -2.44. The van der Waals surface area contributed by atoms with Crippen LogP contribution >= 0.6 is 0 Å². The van der Waals surface area contributed by atoms with E-state index in [0.29, 0.717) is 38.6 Å². The maximum Gasteiger partial charge on any atom is 0.312 e. The molecule has 1 aromatic rings. The van der Waals surface area contributed by atoms with Crippen molar-refractivity contribution in [2.24, 2.45) is 5.92 Å². The summed E-state index contributed by atoms with van der Waals surface area (Å²) in [5.41, 5.74) is 1.06. The van der Waals surface area contributed by atoms with Crippen LogP contribution in [0, 0.1) is 11.7 Å². The smallest absolute Gasteiger partial charge is 0.312 e. The molecule has 7 heteroatoms. The zero-order valence-electron chi connectivity index (χ0n) is 15.7. The van der Waals surface area contributed by atoms with Crippen molar-refractivity contribution in [3.05, 3.63) is 35.6 Å². The fourth-order valence-corrected chi connectivity index (χ4v) is 3.84. The van der Waals surface area contributed by atoms with Crippen molar-refractivity contribution in [3.8, 4) is 0 Å². The molecule has 1 atom stereocenters. The number of carbonyl (C=O) groups is 3. The van der Waals surface area contributed by atoms with Crippen molar-refractivity contribution in [1.82, 2.24) is 14.7 Å². The van der Waals surface area contributed by atoms with Gasteiger partial charge < -0.3 is 14.7 Å². The fourth-order valence-electron chi connectivity index (χ4n) is 3.84. The summed E-state index contributed by atoms with van der Waals surface area (Å²) in [5.74, 6) is -1.14. The van der Waals surface area contributed by atoms with Crippen LogP contribution in [0.4, 0.5) is 4.39 Å². The first-order valence-electron chi connectivity index (χ1n) is 9.58. The summed E-state index contributed by atoms with van der Waals surface area (Å²) in [4.78, 5) is 41.5. The lowest BCUT2D eigenvalue weighted by Gasteiger charge is -2.36. The third kappa shape index (κ3) is 4.64. The van der Waals surface area contributed by atoms with Gasteiger partial charge in [-0.3, -0.25) is 14.4 Å². The molecule has 2 heterocycles. The van der Waals surface area contributed by atoms with Gasteiger partial charge in [-0.1, -0.05) is 12.1 Å². The molecule has 0 aromatic heterocycles. The zero-order chi connectivity index (χ0) is 19.4. The van der Waals surface area contributed by atoms with Gasteiger partial charge in [-0.25, -0.2) is 4.39 Å². The SMILES string of the molecule is CCN1CCN(CC(=O)N2CCC[C@H](Cc3ccc(F)cc3)C2)C(=O)C1=O. The monoisotopic (exact) mass is 375 g/mol. The predicted molar refractivity (Wildman–Crippen MR) is 98.2 cm³/mol. The van der Waals surface area contributed by atoms with E-state index in [9.17, 15) is 18.8 Å². The number of likely N-dealkylation sites (N-methyl/N-ethyl adjacent to an activating group) is 1. The van der Waals surface area contributed by atoms with Gasteiger partial charge in [-0.2, -0.15) is 0 Å². The molecule has 3 rings (SSSR count). The van der Waals surface area contributed by atoms with Crippen LogP contribution in [0.15, 0.2) is 24.3 Å². The maximum atomic E-state index is 13.0. The number of piperidine rings is 1. The van der Waals surface area contributed by atoms with E-state index < -0.39 is 11.8 Å². The van der Waals surface area contributed by atoms with E-state index in [2.05, 4.69) is 0 Å². The van der Waals surface area contributed by atoms with Crippen molar-refractivity contribution in [2.45, 2.75) is 26.2 Å². The lowest BCUT2D eigenvalue weighted by atomic mass is 9.91. The van der Waals surface area contributed by atoms with Gasteiger partial charge in [-0.05, 0) is 49.8 Å². The number of amides is 3. The molecule has 0 unspecified atom stereocenters. The van der Waals surface area contributed by atoms with E-state index in [-0.39, 0.29) is 18.3 Å². The Morgan fingerprint density at radius 1 is 1.07 bits per heavy atom. The number of benzene rings is 1. The molecule has 3 amide bonds. The molecule has 2 saturated heterocycles. The summed E-state index contributed by atoms with van der Waals surface area (Å²) >= 11 is 0. The molecule has 0 saturated carbocycles. The van der Waals surface area contributed by atoms with Crippen LogP contribution in [0.3, 0.4) is 0 Å². The Balaban J connectivity index is 1.54. The molecule has 27 heavy (non-hydrogen) atoms. The van der Waals surface area contributed by atoms with Gasteiger partial charge in [0, 0.05) is 32.7 Å². The molecular weight excluding hydrogens is 349 g/mol. The summed E-state index contributed by atoms with van der Waals surface area (Å²) in [6, 6.07) is 6.49. The second-order valence-electron chi connectivity index (χ2n) is 7.29. The molecule has 2 aliphatic heterocycles. The van der Waals surface area contributed by atoms with Gasteiger partial charge in [0.05, 0.1) is 0 Å². The minimum absolute atomic E-state index is 0.0363. The summed E-state index contributed by atoms with van der Waals surface area (Å²) in [6.45, 7) is 4.48. The van der Waals surface area contributed by atoms with Crippen molar-refractivity contribution in [2.75, 3.05) is 39.3 Å². The van der Waals surface area contributed by atoms with Crippen LogP contribution in [-0.2, 0) is 20.8 Å². The third-order valence-electron chi connectivity index (χ3n) is 5.41. The standard InChI is InChI=1S/C20H26FN3O3/c1-2-22-10-11-24(20(27)19(22)26)14-18(25)23-9-3-4-16(13-23)12-15-5-7-17(21)8-6-15/h5-8,16H,2-4,9-14H2,1H3/t16-/m1/s1. The van der Waals surface area contributed by atoms with Crippen LogP contribution in [0.5, 0.6) is 0 Å². The molecule has 0 aliphatic carbocycles. The number of hydrogen-bond donors (Lipinski definition) is 0. The minimum Gasteiger partial charge on any atom is -0.341 e. The van der Waals surface area contributed by atoms with E-state index >= 15 is 0 Å². The normalized spacial score (nSPS) is 21.0. The number of rotatable bonds is 5. The summed E-state index contributed by atoms with van der Waals surface area (Å²) in [6.07, 6.45) is 2.73. The highest BCUT2D eigenvalue weighted by Gasteiger charge is 2.34. The average Bonchev–Trinajstić information content (AvgIpc) is 2.68. The van der Waals surface area contributed by atoms with Crippen LogP contribution in [0.2, 0.25) is 0 Å². The quantitative estimate of drug-likeness (QED) is 0.729.